The molecule has 1 aromatic rings. The molecule has 1 aromatic carbocycles. The summed E-state index contributed by atoms with van der Waals surface area (Å²) < 4.78 is 54.1. The van der Waals surface area contributed by atoms with Gasteiger partial charge in [0, 0.05) is 20.1 Å². The lowest BCUT2D eigenvalue weighted by atomic mass is 9.92. The summed E-state index contributed by atoms with van der Waals surface area (Å²) in [4.78, 5) is 0.152. The molecule has 0 aromatic heterocycles. The van der Waals surface area contributed by atoms with Crippen LogP contribution in [0.2, 0.25) is 0 Å². The minimum atomic E-state index is -3.69. The van der Waals surface area contributed by atoms with Gasteiger partial charge in [-0.25, -0.2) is 25.9 Å². The van der Waals surface area contributed by atoms with Gasteiger partial charge < -0.3 is 0 Å². The van der Waals surface area contributed by atoms with Crippen LogP contribution in [0.3, 0.4) is 0 Å². The molecule has 1 aliphatic heterocycles. The number of rotatable bonds is 3. The van der Waals surface area contributed by atoms with E-state index in [2.05, 4.69) is 4.72 Å². The molecule has 0 bridgehead atoms. The van der Waals surface area contributed by atoms with Crippen molar-refractivity contribution in [2.75, 3.05) is 14.1 Å². The molecule has 1 unspecified atom stereocenters. The predicted molar refractivity (Wildman–Crippen MR) is 91.8 cm³/mol. The standard InChI is InChI=1S/C16H24N2O4S2/c1-11-8-13-9-14(12-6-4-5-7-12)17-23(19,20)16(13)10-15(11)24(21,22)18(2)3/h8,10,12,14,17H,4-7,9H2,1-3H3. The van der Waals surface area contributed by atoms with Crippen LogP contribution in [0.5, 0.6) is 0 Å². The van der Waals surface area contributed by atoms with Gasteiger partial charge in [0.25, 0.3) is 0 Å². The van der Waals surface area contributed by atoms with Crippen molar-refractivity contribution in [2.45, 2.75) is 54.9 Å². The number of aryl methyl sites for hydroxylation is 1. The second-order valence-corrected chi connectivity index (χ2v) is 10.8. The Balaban J connectivity index is 2.08. The molecular weight excluding hydrogens is 348 g/mol. The molecule has 0 spiro atoms. The Labute approximate surface area is 144 Å². The maximum Gasteiger partial charge on any atom is 0.242 e. The number of hydrogen-bond acceptors (Lipinski definition) is 4. The zero-order chi connectivity index (χ0) is 17.7. The van der Waals surface area contributed by atoms with Crippen LogP contribution in [0.15, 0.2) is 21.9 Å². The van der Waals surface area contributed by atoms with Crippen LogP contribution in [-0.2, 0) is 26.5 Å². The van der Waals surface area contributed by atoms with Crippen LogP contribution in [0.1, 0.15) is 36.8 Å². The monoisotopic (exact) mass is 372 g/mol. The highest BCUT2D eigenvalue weighted by Gasteiger charge is 2.36. The van der Waals surface area contributed by atoms with Crippen molar-refractivity contribution in [3.63, 3.8) is 0 Å². The smallest absolute Gasteiger partial charge is 0.207 e. The van der Waals surface area contributed by atoms with E-state index in [0.29, 0.717) is 17.9 Å². The van der Waals surface area contributed by atoms with Gasteiger partial charge in [0.05, 0.1) is 9.79 Å². The summed E-state index contributed by atoms with van der Waals surface area (Å²) in [7, 11) is -4.48. The average molecular weight is 373 g/mol. The molecule has 0 saturated heterocycles. The van der Waals surface area contributed by atoms with Crippen molar-refractivity contribution < 1.29 is 16.8 Å². The van der Waals surface area contributed by atoms with Crippen LogP contribution in [0, 0.1) is 12.8 Å². The van der Waals surface area contributed by atoms with Gasteiger partial charge in [0.1, 0.15) is 0 Å². The van der Waals surface area contributed by atoms with Gasteiger partial charge in [-0.05, 0) is 49.3 Å². The topological polar surface area (TPSA) is 83.6 Å². The number of nitrogens with zero attached hydrogens (tertiary/aromatic N) is 1. The predicted octanol–water partition coefficient (Wildman–Crippen LogP) is 1.64. The van der Waals surface area contributed by atoms with E-state index in [1.165, 1.54) is 20.2 Å². The molecule has 2 aliphatic rings. The molecule has 6 nitrogen and oxygen atoms in total. The molecule has 8 heteroatoms. The second kappa shape index (κ2) is 6.09. The molecule has 1 fully saturated rings. The maximum atomic E-state index is 12.7. The Bertz CT molecular complexity index is 854. The molecule has 1 N–H and O–H groups in total. The molecule has 1 aliphatic carbocycles. The normalized spacial score (nSPS) is 24.2. The van der Waals surface area contributed by atoms with Gasteiger partial charge >= 0.3 is 0 Å². The van der Waals surface area contributed by atoms with E-state index in [9.17, 15) is 16.8 Å². The van der Waals surface area contributed by atoms with Crippen molar-refractivity contribution in [3.8, 4) is 0 Å². The molecule has 0 amide bonds. The van der Waals surface area contributed by atoms with Crippen molar-refractivity contribution >= 4 is 20.0 Å². The third-order valence-electron chi connectivity index (χ3n) is 5.12. The summed E-state index contributed by atoms with van der Waals surface area (Å²) in [6.45, 7) is 1.72. The first kappa shape index (κ1) is 17.8. The summed E-state index contributed by atoms with van der Waals surface area (Å²) in [5, 5.41) is 0. The molecule has 1 saturated carbocycles. The third kappa shape index (κ3) is 3.00. The number of fused-ring (bicyclic) bond motifs is 1. The first-order valence-electron chi connectivity index (χ1n) is 8.21. The molecule has 134 valence electrons. The minimum absolute atomic E-state index is 0.0518. The average Bonchev–Trinajstić information content (AvgIpc) is 2.99. The molecular formula is C16H24N2O4S2. The molecule has 1 atom stereocenters. The second-order valence-electron chi connectivity index (χ2n) is 6.99. The highest BCUT2D eigenvalue weighted by Crippen LogP contribution is 2.35. The van der Waals surface area contributed by atoms with Gasteiger partial charge in [0.2, 0.25) is 20.0 Å². The van der Waals surface area contributed by atoms with Gasteiger partial charge in [0.15, 0.2) is 0 Å². The quantitative estimate of drug-likeness (QED) is 0.874. The van der Waals surface area contributed by atoms with Gasteiger partial charge in [-0.3, -0.25) is 0 Å². The minimum Gasteiger partial charge on any atom is -0.207 e. The first-order chi connectivity index (χ1) is 11.1. The summed E-state index contributed by atoms with van der Waals surface area (Å²) in [5.74, 6) is 0.374. The van der Waals surface area contributed by atoms with Crippen LogP contribution in [0.4, 0.5) is 0 Å². The van der Waals surface area contributed by atoms with Crippen molar-refractivity contribution in [1.29, 1.82) is 0 Å². The molecule has 1 heterocycles. The summed E-state index contributed by atoms with van der Waals surface area (Å²) >= 11 is 0. The first-order valence-corrected chi connectivity index (χ1v) is 11.1. The fourth-order valence-corrected chi connectivity index (χ4v) is 6.54. The van der Waals surface area contributed by atoms with E-state index in [0.717, 1.165) is 35.6 Å². The zero-order valence-corrected chi connectivity index (χ0v) is 15.9. The van der Waals surface area contributed by atoms with E-state index in [1.54, 1.807) is 13.0 Å². The van der Waals surface area contributed by atoms with Gasteiger partial charge in [-0.15, -0.1) is 0 Å². The van der Waals surface area contributed by atoms with Crippen LogP contribution in [-0.4, -0.2) is 41.3 Å². The number of sulfonamides is 2. The Hall–Kier alpha value is -0.960. The number of hydrogen-bond donors (Lipinski definition) is 1. The number of benzene rings is 1. The van der Waals surface area contributed by atoms with Gasteiger partial charge in [-0.2, -0.15) is 0 Å². The van der Waals surface area contributed by atoms with Gasteiger partial charge in [-0.1, -0.05) is 18.9 Å². The molecule has 0 radical (unpaired) electrons. The Kier molecular flexibility index (Phi) is 4.53. The Morgan fingerprint density at radius 1 is 1.17 bits per heavy atom. The van der Waals surface area contributed by atoms with E-state index in [1.807, 2.05) is 0 Å². The zero-order valence-electron chi connectivity index (χ0n) is 14.2. The summed E-state index contributed by atoms with van der Waals surface area (Å²) in [6, 6.07) is 2.96. The lowest BCUT2D eigenvalue weighted by Crippen LogP contribution is -2.45. The van der Waals surface area contributed by atoms with Crippen molar-refractivity contribution in [3.05, 3.63) is 23.3 Å². The Morgan fingerprint density at radius 3 is 2.38 bits per heavy atom. The largest absolute Gasteiger partial charge is 0.242 e. The SMILES string of the molecule is Cc1cc2c(cc1S(=O)(=O)N(C)C)S(=O)(=O)NC(C1CCCC1)C2. The van der Waals surface area contributed by atoms with E-state index >= 15 is 0 Å². The van der Waals surface area contributed by atoms with Crippen molar-refractivity contribution in [1.82, 2.24) is 9.03 Å². The highest BCUT2D eigenvalue weighted by atomic mass is 32.2. The summed E-state index contributed by atoms with van der Waals surface area (Å²) in [6.07, 6.45) is 5.02. The lowest BCUT2D eigenvalue weighted by Gasteiger charge is -2.31. The van der Waals surface area contributed by atoms with E-state index in [4.69, 9.17) is 0 Å². The maximum absolute atomic E-state index is 12.7. The number of nitrogens with one attached hydrogen (secondary N) is 1. The van der Waals surface area contributed by atoms with Crippen molar-refractivity contribution in [2.24, 2.45) is 5.92 Å². The van der Waals surface area contributed by atoms with E-state index < -0.39 is 20.0 Å². The van der Waals surface area contributed by atoms with Crippen LogP contribution < -0.4 is 4.72 Å². The fraction of sp³-hybridized carbons (Fsp3) is 0.625. The lowest BCUT2D eigenvalue weighted by molar-refractivity contribution is 0.387. The molecule has 3 rings (SSSR count). The summed E-state index contributed by atoms with van der Waals surface area (Å²) in [5.41, 5.74) is 1.31. The van der Waals surface area contributed by atoms with Crippen LogP contribution in [0.25, 0.3) is 0 Å². The fourth-order valence-electron chi connectivity index (χ4n) is 3.78. The Morgan fingerprint density at radius 2 is 1.79 bits per heavy atom. The van der Waals surface area contributed by atoms with E-state index in [-0.39, 0.29) is 15.8 Å². The highest BCUT2D eigenvalue weighted by molar-refractivity contribution is 7.90. The van der Waals surface area contributed by atoms with Crippen LogP contribution >= 0.6 is 0 Å². The third-order valence-corrected chi connectivity index (χ3v) is 8.65. The molecule has 24 heavy (non-hydrogen) atoms.